The minimum Gasteiger partial charge on any atom is -0.264 e. The Morgan fingerprint density at radius 3 is 3.00 bits per heavy atom. The van der Waals surface area contributed by atoms with Crippen molar-refractivity contribution in [2.75, 3.05) is 0 Å². The number of rotatable bonds is 0. The molecule has 0 atom stereocenters. The second kappa shape index (κ2) is 2.47. The minimum absolute atomic E-state index is 1.03. The maximum absolute atomic E-state index is 4.20. The van der Waals surface area contributed by atoms with Gasteiger partial charge in [-0.1, -0.05) is 0 Å². The lowest BCUT2D eigenvalue weighted by atomic mass is 10.3. The Bertz CT molecular complexity index is 523. The van der Waals surface area contributed by atoms with Gasteiger partial charge in [-0.05, 0) is 6.07 Å². The maximum atomic E-state index is 4.20. The first-order chi connectivity index (χ1) is 6.45. The number of nitrogens with zero attached hydrogens (tertiary/aromatic N) is 3. The van der Waals surface area contributed by atoms with Crippen molar-refractivity contribution in [2.45, 2.75) is 0 Å². The van der Waals surface area contributed by atoms with Crippen LogP contribution in [-0.4, -0.2) is 15.0 Å². The Kier molecular flexibility index (Phi) is 1.31. The molecular weight excluding hydrogens is 182 g/mol. The van der Waals surface area contributed by atoms with Crippen molar-refractivity contribution in [3.8, 4) is 0 Å². The second-order valence-corrected chi connectivity index (χ2v) is 3.75. The quantitative estimate of drug-likeness (QED) is 0.541. The maximum Gasteiger partial charge on any atom is 0.127 e. The summed E-state index contributed by atoms with van der Waals surface area (Å²) in [4.78, 5) is 13.3. The van der Waals surface area contributed by atoms with E-state index >= 15 is 0 Å². The standard InChI is InChI=1S/C9H5N3S/c1-2-10-3-6-7-4-11-5-12-9(7)13-8(1)6/h1-5H. The third-order valence-electron chi connectivity index (χ3n) is 1.95. The largest absolute Gasteiger partial charge is 0.264 e. The molecule has 0 aromatic carbocycles. The third-order valence-corrected chi connectivity index (χ3v) is 3.05. The Morgan fingerprint density at radius 2 is 2.00 bits per heavy atom. The summed E-state index contributed by atoms with van der Waals surface area (Å²) >= 11 is 1.67. The Hall–Kier alpha value is -1.55. The molecule has 62 valence electrons. The van der Waals surface area contributed by atoms with Crippen LogP contribution in [-0.2, 0) is 0 Å². The van der Waals surface area contributed by atoms with Crippen LogP contribution < -0.4 is 0 Å². The highest BCUT2D eigenvalue weighted by Gasteiger charge is 2.03. The first-order valence-corrected chi connectivity index (χ1v) is 4.69. The zero-order valence-corrected chi connectivity index (χ0v) is 7.45. The molecule has 0 saturated carbocycles. The van der Waals surface area contributed by atoms with Gasteiger partial charge in [-0.2, -0.15) is 0 Å². The monoisotopic (exact) mass is 187 g/mol. The number of hydrogen-bond donors (Lipinski definition) is 0. The molecule has 0 spiro atoms. The van der Waals surface area contributed by atoms with E-state index in [4.69, 9.17) is 0 Å². The van der Waals surface area contributed by atoms with E-state index in [1.165, 1.54) is 4.70 Å². The minimum atomic E-state index is 1.03. The summed E-state index contributed by atoms with van der Waals surface area (Å²) in [6.07, 6.45) is 7.07. The van der Waals surface area contributed by atoms with Crippen LogP contribution in [0.25, 0.3) is 20.3 Å². The summed E-state index contributed by atoms with van der Waals surface area (Å²) in [6, 6.07) is 2.00. The van der Waals surface area contributed by atoms with E-state index in [9.17, 15) is 0 Å². The third kappa shape index (κ3) is 0.922. The molecule has 0 amide bonds. The molecule has 13 heavy (non-hydrogen) atoms. The fraction of sp³-hybridized carbons (Fsp3) is 0. The van der Waals surface area contributed by atoms with Crippen molar-refractivity contribution < 1.29 is 0 Å². The second-order valence-electron chi connectivity index (χ2n) is 2.72. The van der Waals surface area contributed by atoms with Crippen molar-refractivity contribution in [2.24, 2.45) is 0 Å². The van der Waals surface area contributed by atoms with E-state index in [1.807, 2.05) is 18.5 Å². The highest BCUT2D eigenvalue weighted by Crippen LogP contribution is 2.30. The molecule has 4 heteroatoms. The van der Waals surface area contributed by atoms with E-state index in [0.29, 0.717) is 0 Å². The average molecular weight is 187 g/mol. The SMILES string of the molecule is c1cc2sc3ncncc3c2cn1. The number of hydrogen-bond acceptors (Lipinski definition) is 4. The zero-order chi connectivity index (χ0) is 8.67. The molecule has 0 radical (unpaired) electrons. The summed E-state index contributed by atoms with van der Waals surface area (Å²) in [7, 11) is 0. The van der Waals surface area contributed by atoms with Gasteiger partial charge in [0.25, 0.3) is 0 Å². The molecule has 3 aromatic rings. The molecule has 0 N–H and O–H groups in total. The Morgan fingerprint density at radius 1 is 1.08 bits per heavy atom. The fourth-order valence-electron chi connectivity index (χ4n) is 1.36. The Balaban J connectivity index is 2.64. The van der Waals surface area contributed by atoms with Gasteiger partial charge in [-0.3, -0.25) is 4.98 Å². The zero-order valence-electron chi connectivity index (χ0n) is 6.64. The van der Waals surface area contributed by atoms with Crippen LogP contribution in [0.4, 0.5) is 0 Å². The molecule has 0 fully saturated rings. The number of thiophene rings is 1. The molecule has 0 bridgehead atoms. The number of fused-ring (bicyclic) bond motifs is 3. The van der Waals surface area contributed by atoms with Gasteiger partial charge in [0.05, 0.1) is 0 Å². The lowest BCUT2D eigenvalue weighted by molar-refractivity contribution is 1.24. The normalized spacial score (nSPS) is 11.1. The first-order valence-electron chi connectivity index (χ1n) is 3.87. The van der Waals surface area contributed by atoms with Crippen LogP contribution in [0, 0.1) is 0 Å². The van der Waals surface area contributed by atoms with E-state index in [0.717, 1.165) is 15.6 Å². The molecule has 3 aromatic heterocycles. The van der Waals surface area contributed by atoms with Gasteiger partial charge in [0.2, 0.25) is 0 Å². The van der Waals surface area contributed by atoms with E-state index in [-0.39, 0.29) is 0 Å². The highest BCUT2D eigenvalue weighted by atomic mass is 32.1. The molecular formula is C9H5N3S. The molecule has 0 aliphatic heterocycles. The number of pyridine rings is 1. The molecule has 3 nitrogen and oxygen atoms in total. The van der Waals surface area contributed by atoms with E-state index < -0.39 is 0 Å². The van der Waals surface area contributed by atoms with Crippen molar-refractivity contribution in [1.29, 1.82) is 0 Å². The van der Waals surface area contributed by atoms with Crippen molar-refractivity contribution >= 4 is 31.6 Å². The van der Waals surface area contributed by atoms with Crippen molar-refractivity contribution in [3.63, 3.8) is 0 Å². The van der Waals surface area contributed by atoms with Gasteiger partial charge in [0.15, 0.2) is 0 Å². The fourth-order valence-corrected chi connectivity index (χ4v) is 2.34. The summed E-state index contributed by atoms with van der Waals surface area (Å²) in [5.41, 5.74) is 0. The van der Waals surface area contributed by atoms with Gasteiger partial charge in [-0.15, -0.1) is 11.3 Å². The smallest absolute Gasteiger partial charge is 0.127 e. The molecule has 0 aliphatic rings. The van der Waals surface area contributed by atoms with Gasteiger partial charge >= 0.3 is 0 Å². The highest BCUT2D eigenvalue weighted by molar-refractivity contribution is 7.25. The molecule has 0 aliphatic carbocycles. The van der Waals surface area contributed by atoms with Crippen LogP contribution in [0.15, 0.2) is 31.0 Å². The van der Waals surface area contributed by atoms with Gasteiger partial charge in [-0.25, -0.2) is 9.97 Å². The van der Waals surface area contributed by atoms with Gasteiger partial charge < -0.3 is 0 Å². The predicted octanol–water partition coefficient (Wildman–Crippen LogP) is 2.24. The van der Waals surface area contributed by atoms with Crippen LogP contribution in [0.5, 0.6) is 0 Å². The summed E-state index contributed by atoms with van der Waals surface area (Å²) in [6.45, 7) is 0. The topological polar surface area (TPSA) is 38.7 Å². The van der Waals surface area contributed by atoms with Gasteiger partial charge in [0.1, 0.15) is 11.2 Å². The summed E-state index contributed by atoms with van der Waals surface area (Å²) in [5.74, 6) is 0. The van der Waals surface area contributed by atoms with Crippen LogP contribution >= 0.6 is 11.3 Å². The van der Waals surface area contributed by atoms with E-state index in [1.54, 1.807) is 23.9 Å². The summed E-state index contributed by atoms with van der Waals surface area (Å²) in [5, 5.41) is 2.23. The van der Waals surface area contributed by atoms with Crippen molar-refractivity contribution in [1.82, 2.24) is 15.0 Å². The average Bonchev–Trinajstić information content (AvgIpc) is 2.56. The van der Waals surface area contributed by atoms with Gasteiger partial charge in [0, 0.05) is 34.1 Å². The van der Waals surface area contributed by atoms with Crippen LogP contribution in [0.3, 0.4) is 0 Å². The van der Waals surface area contributed by atoms with Crippen LogP contribution in [0.2, 0.25) is 0 Å². The summed E-state index contributed by atoms with van der Waals surface area (Å²) < 4.78 is 1.21. The molecule has 0 unspecified atom stereocenters. The van der Waals surface area contributed by atoms with Crippen molar-refractivity contribution in [3.05, 3.63) is 31.0 Å². The Labute approximate surface area is 78.1 Å². The molecule has 0 saturated heterocycles. The van der Waals surface area contributed by atoms with E-state index in [2.05, 4.69) is 15.0 Å². The van der Waals surface area contributed by atoms with Crippen LogP contribution in [0.1, 0.15) is 0 Å². The predicted molar refractivity (Wildman–Crippen MR) is 52.7 cm³/mol. The molecule has 3 heterocycles. The molecule has 3 rings (SSSR count). The number of aromatic nitrogens is 3. The lowest BCUT2D eigenvalue weighted by Gasteiger charge is -1.86. The first kappa shape index (κ1) is 6.91. The lowest BCUT2D eigenvalue weighted by Crippen LogP contribution is -1.74.